The maximum atomic E-state index is 12.4. The molecule has 38 heavy (non-hydrogen) atoms. The van der Waals surface area contributed by atoms with Gasteiger partial charge in [-0.05, 0) is 66.7 Å². The van der Waals surface area contributed by atoms with Crippen molar-refractivity contribution < 1.29 is 9.90 Å². The Hall–Kier alpha value is -3.11. The van der Waals surface area contributed by atoms with Gasteiger partial charge in [0.05, 0.1) is 0 Å². The Morgan fingerprint density at radius 3 is 1.82 bits per heavy atom. The molecule has 0 spiro atoms. The molecule has 4 heteroatoms. The normalized spacial score (nSPS) is 20.0. The second-order valence-electron chi connectivity index (χ2n) is 12.5. The van der Waals surface area contributed by atoms with E-state index >= 15 is 0 Å². The molecule has 0 aliphatic carbocycles. The Balaban J connectivity index is 1.65. The maximum Gasteiger partial charge on any atom is 0.407 e. The van der Waals surface area contributed by atoms with E-state index in [1.807, 2.05) is 0 Å². The molecule has 1 aliphatic rings. The summed E-state index contributed by atoms with van der Waals surface area (Å²) in [5.41, 5.74) is 3.47. The van der Waals surface area contributed by atoms with Crippen LogP contribution in [0, 0.1) is 17.3 Å². The van der Waals surface area contributed by atoms with Crippen LogP contribution in [0.1, 0.15) is 63.6 Å². The molecular weight excluding hydrogens is 468 g/mol. The molecule has 4 nitrogen and oxygen atoms in total. The SMILES string of the molecule is CC(C)(C)C1C(C(CCN(Cc2ccccc2)Cc2ccccc2)c2ccccc2)CN(C(=O)O)C1(C)C. The van der Waals surface area contributed by atoms with Gasteiger partial charge < -0.3 is 10.0 Å². The predicted molar refractivity (Wildman–Crippen MR) is 156 cm³/mol. The highest BCUT2D eigenvalue weighted by Gasteiger charge is 2.56. The van der Waals surface area contributed by atoms with Crippen LogP contribution in [0.3, 0.4) is 0 Å². The minimum Gasteiger partial charge on any atom is -0.465 e. The number of amides is 1. The Bertz CT molecular complexity index is 1110. The fourth-order valence-electron chi connectivity index (χ4n) is 7.18. The summed E-state index contributed by atoms with van der Waals surface area (Å²) in [5.74, 6) is 0.727. The highest BCUT2D eigenvalue weighted by Crippen LogP contribution is 2.53. The first kappa shape index (κ1) is 27.9. The van der Waals surface area contributed by atoms with Gasteiger partial charge in [0, 0.05) is 25.2 Å². The van der Waals surface area contributed by atoms with Crippen molar-refractivity contribution in [3.05, 3.63) is 108 Å². The number of hydrogen-bond donors (Lipinski definition) is 1. The van der Waals surface area contributed by atoms with E-state index in [2.05, 4.69) is 131 Å². The topological polar surface area (TPSA) is 43.8 Å². The lowest BCUT2D eigenvalue weighted by atomic mass is 9.62. The minimum atomic E-state index is -0.812. The third kappa shape index (κ3) is 6.47. The standard InChI is InChI=1S/C34H44N2O2/c1-33(2,3)31-30(25-36(32(37)38)34(31,4)5)29(28-19-13-8-14-20-28)21-22-35(23-26-15-9-6-10-16-26)24-27-17-11-7-12-18-27/h6-20,29-31H,21-25H2,1-5H3,(H,37,38). The number of rotatable bonds is 9. The van der Waals surface area contributed by atoms with Crippen LogP contribution in [-0.2, 0) is 13.1 Å². The lowest BCUT2D eigenvalue weighted by molar-refractivity contribution is 0.0603. The van der Waals surface area contributed by atoms with Gasteiger partial charge in [0.2, 0.25) is 0 Å². The monoisotopic (exact) mass is 512 g/mol. The summed E-state index contributed by atoms with van der Waals surface area (Å²) >= 11 is 0. The Kier molecular flexibility index (Phi) is 8.62. The maximum absolute atomic E-state index is 12.4. The average Bonchev–Trinajstić information content (AvgIpc) is 3.17. The van der Waals surface area contributed by atoms with Crippen LogP contribution >= 0.6 is 0 Å². The van der Waals surface area contributed by atoms with Crippen LogP contribution in [0.2, 0.25) is 0 Å². The van der Waals surface area contributed by atoms with E-state index in [1.54, 1.807) is 4.90 Å². The summed E-state index contributed by atoms with van der Waals surface area (Å²) in [5, 5.41) is 10.2. The Morgan fingerprint density at radius 2 is 1.37 bits per heavy atom. The fraction of sp³-hybridized carbons (Fsp3) is 0.441. The average molecular weight is 513 g/mol. The van der Waals surface area contributed by atoms with Crippen molar-refractivity contribution in [1.29, 1.82) is 0 Å². The summed E-state index contributed by atoms with van der Waals surface area (Å²) in [6, 6.07) is 32.2. The van der Waals surface area contributed by atoms with E-state index < -0.39 is 11.6 Å². The third-order valence-corrected chi connectivity index (χ3v) is 8.44. The molecule has 1 amide bonds. The molecule has 3 unspecified atom stereocenters. The summed E-state index contributed by atoms with van der Waals surface area (Å²) in [4.78, 5) is 16.6. The largest absolute Gasteiger partial charge is 0.465 e. The van der Waals surface area contributed by atoms with Crippen LogP contribution in [0.4, 0.5) is 4.79 Å². The van der Waals surface area contributed by atoms with Crippen molar-refractivity contribution in [2.24, 2.45) is 17.3 Å². The van der Waals surface area contributed by atoms with E-state index in [0.29, 0.717) is 6.54 Å². The molecule has 4 rings (SSSR count). The first-order valence-electron chi connectivity index (χ1n) is 13.9. The van der Waals surface area contributed by atoms with Crippen molar-refractivity contribution in [2.45, 2.75) is 65.6 Å². The summed E-state index contributed by atoms with van der Waals surface area (Å²) in [6.45, 7) is 14.3. The van der Waals surface area contributed by atoms with Gasteiger partial charge in [0.1, 0.15) is 0 Å². The second kappa shape index (κ2) is 11.7. The number of carbonyl (C=O) groups is 1. The third-order valence-electron chi connectivity index (χ3n) is 8.44. The number of carboxylic acid groups (broad SMARTS) is 1. The smallest absolute Gasteiger partial charge is 0.407 e. The van der Waals surface area contributed by atoms with Gasteiger partial charge in [0.15, 0.2) is 0 Å². The van der Waals surface area contributed by atoms with Crippen molar-refractivity contribution >= 4 is 6.09 Å². The van der Waals surface area contributed by atoms with E-state index in [0.717, 1.165) is 26.1 Å². The van der Waals surface area contributed by atoms with Gasteiger partial charge in [-0.25, -0.2) is 4.79 Å². The quantitative estimate of drug-likeness (QED) is 0.317. The summed E-state index contributed by atoms with van der Waals surface area (Å²) in [6.07, 6.45) is 0.165. The van der Waals surface area contributed by atoms with Crippen LogP contribution in [0.15, 0.2) is 91.0 Å². The second-order valence-corrected chi connectivity index (χ2v) is 12.5. The minimum absolute atomic E-state index is 0.0286. The number of benzene rings is 3. The zero-order valence-electron chi connectivity index (χ0n) is 23.7. The van der Waals surface area contributed by atoms with E-state index in [1.165, 1.54) is 16.7 Å². The van der Waals surface area contributed by atoms with Crippen LogP contribution in [0.25, 0.3) is 0 Å². The molecule has 0 radical (unpaired) electrons. The van der Waals surface area contributed by atoms with Gasteiger partial charge in [-0.2, -0.15) is 0 Å². The van der Waals surface area contributed by atoms with Gasteiger partial charge in [0.25, 0.3) is 0 Å². The van der Waals surface area contributed by atoms with Crippen LogP contribution in [-0.4, -0.2) is 39.6 Å². The molecule has 1 heterocycles. The molecular formula is C34H44N2O2. The van der Waals surface area contributed by atoms with E-state index in [9.17, 15) is 9.90 Å². The fourth-order valence-corrected chi connectivity index (χ4v) is 7.18. The molecule has 3 atom stereocenters. The first-order valence-corrected chi connectivity index (χ1v) is 13.9. The molecule has 3 aromatic carbocycles. The number of nitrogens with zero attached hydrogens (tertiary/aromatic N) is 2. The zero-order chi connectivity index (χ0) is 27.3. The highest BCUT2D eigenvalue weighted by molar-refractivity contribution is 5.67. The van der Waals surface area contributed by atoms with Gasteiger partial charge in [-0.1, -0.05) is 112 Å². The van der Waals surface area contributed by atoms with Gasteiger partial charge >= 0.3 is 6.09 Å². The lowest BCUT2D eigenvalue weighted by Crippen LogP contribution is -2.49. The van der Waals surface area contributed by atoms with Crippen molar-refractivity contribution in [3.8, 4) is 0 Å². The van der Waals surface area contributed by atoms with Crippen LogP contribution < -0.4 is 0 Å². The zero-order valence-corrected chi connectivity index (χ0v) is 23.7. The molecule has 1 saturated heterocycles. The number of likely N-dealkylation sites (tertiary alicyclic amines) is 1. The van der Waals surface area contributed by atoms with Crippen molar-refractivity contribution in [1.82, 2.24) is 9.80 Å². The molecule has 1 aliphatic heterocycles. The first-order chi connectivity index (χ1) is 18.1. The highest BCUT2D eigenvalue weighted by atomic mass is 16.4. The molecule has 0 aromatic heterocycles. The van der Waals surface area contributed by atoms with Crippen LogP contribution in [0.5, 0.6) is 0 Å². The van der Waals surface area contributed by atoms with Crippen molar-refractivity contribution in [2.75, 3.05) is 13.1 Å². The molecule has 202 valence electrons. The molecule has 0 saturated carbocycles. The van der Waals surface area contributed by atoms with Gasteiger partial charge in [-0.15, -0.1) is 0 Å². The Morgan fingerprint density at radius 1 is 0.895 bits per heavy atom. The van der Waals surface area contributed by atoms with E-state index in [4.69, 9.17) is 0 Å². The molecule has 1 N–H and O–H groups in total. The Labute approximate surface area is 229 Å². The predicted octanol–water partition coefficient (Wildman–Crippen LogP) is 7.91. The number of hydrogen-bond acceptors (Lipinski definition) is 2. The van der Waals surface area contributed by atoms with E-state index in [-0.39, 0.29) is 23.2 Å². The summed E-state index contributed by atoms with van der Waals surface area (Å²) in [7, 11) is 0. The lowest BCUT2D eigenvalue weighted by Gasteiger charge is -2.44. The molecule has 1 fully saturated rings. The molecule has 3 aromatic rings. The van der Waals surface area contributed by atoms with Gasteiger partial charge in [-0.3, -0.25) is 4.90 Å². The van der Waals surface area contributed by atoms with Crippen molar-refractivity contribution in [3.63, 3.8) is 0 Å². The molecule has 0 bridgehead atoms. The summed E-state index contributed by atoms with van der Waals surface area (Å²) < 4.78 is 0.